The van der Waals surface area contributed by atoms with Gasteiger partial charge in [-0.25, -0.2) is 4.79 Å². The van der Waals surface area contributed by atoms with Crippen LogP contribution in [0.4, 0.5) is 4.79 Å². The van der Waals surface area contributed by atoms with E-state index in [1.165, 1.54) is 0 Å². The van der Waals surface area contributed by atoms with Crippen LogP contribution in [0.5, 0.6) is 0 Å². The molecule has 1 fully saturated rings. The third-order valence-corrected chi connectivity index (χ3v) is 3.78. The maximum atomic E-state index is 11.9. The average molecular weight is 263 g/mol. The summed E-state index contributed by atoms with van der Waals surface area (Å²) in [4.78, 5) is 13.5. The van der Waals surface area contributed by atoms with Crippen LogP contribution >= 0.6 is 0 Å². The lowest BCUT2D eigenvalue weighted by Gasteiger charge is -2.40. The monoisotopic (exact) mass is 263 g/mol. The Morgan fingerprint density at radius 2 is 2.11 bits per heavy atom. The number of hydrogen-bond donors (Lipinski definition) is 1. The standard InChI is InChI=1S/C15H21NO3/c1-15(2)8-9-16(10-13(15)17)14(18)19-11-12-6-4-3-5-7-12/h3-7,13,17H,8-11H2,1-2H3. The molecule has 0 radical (unpaired) electrons. The van der Waals surface area contributed by atoms with Crippen molar-refractivity contribution in [1.82, 2.24) is 4.90 Å². The smallest absolute Gasteiger partial charge is 0.410 e. The molecule has 0 aliphatic carbocycles. The molecule has 0 aromatic heterocycles. The van der Waals surface area contributed by atoms with Gasteiger partial charge in [0.05, 0.1) is 12.6 Å². The molecule has 0 bridgehead atoms. The minimum atomic E-state index is -0.495. The van der Waals surface area contributed by atoms with Gasteiger partial charge in [0.2, 0.25) is 0 Å². The maximum absolute atomic E-state index is 11.9. The zero-order valence-corrected chi connectivity index (χ0v) is 11.5. The first-order valence-electron chi connectivity index (χ1n) is 6.63. The maximum Gasteiger partial charge on any atom is 0.410 e. The third kappa shape index (κ3) is 3.47. The fourth-order valence-electron chi connectivity index (χ4n) is 2.11. The Hall–Kier alpha value is -1.55. The van der Waals surface area contributed by atoms with E-state index in [0.717, 1.165) is 12.0 Å². The highest BCUT2D eigenvalue weighted by molar-refractivity contribution is 5.67. The number of nitrogens with zero attached hydrogens (tertiary/aromatic N) is 1. The van der Waals surface area contributed by atoms with Gasteiger partial charge in [-0.3, -0.25) is 0 Å². The molecule has 1 unspecified atom stereocenters. The van der Waals surface area contributed by atoms with Gasteiger partial charge in [-0.1, -0.05) is 44.2 Å². The normalized spacial score (nSPS) is 22.1. The van der Waals surface area contributed by atoms with Crippen LogP contribution < -0.4 is 0 Å². The Kier molecular flexibility index (Phi) is 4.10. The lowest BCUT2D eigenvalue weighted by Crippen LogP contribution is -2.50. The minimum Gasteiger partial charge on any atom is -0.445 e. The van der Waals surface area contributed by atoms with Crippen LogP contribution in [0, 0.1) is 5.41 Å². The quantitative estimate of drug-likeness (QED) is 0.891. The average Bonchev–Trinajstić information content (AvgIpc) is 2.40. The summed E-state index contributed by atoms with van der Waals surface area (Å²) < 4.78 is 5.26. The second-order valence-corrected chi connectivity index (χ2v) is 5.74. The molecule has 4 nitrogen and oxygen atoms in total. The van der Waals surface area contributed by atoms with E-state index >= 15 is 0 Å². The molecular formula is C15H21NO3. The molecule has 1 atom stereocenters. The van der Waals surface area contributed by atoms with E-state index in [0.29, 0.717) is 13.1 Å². The molecular weight excluding hydrogens is 242 g/mol. The Labute approximate surface area is 114 Å². The highest BCUT2D eigenvalue weighted by Crippen LogP contribution is 2.30. The van der Waals surface area contributed by atoms with Crippen molar-refractivity contribution in [3.63, 3.8) is 0 Å². The van der Waals surface area contributed by atoms with Crippen molar-refractivity contribution in [3.05, 3.63) is 35.9 Å². The lowest BCUT2D eigenvalue weighted by molar-refractivity contribution is -0.0252. The van der Waals surface area contributed by atoms with E-state index in [1.54, 1.807) is 4.90 Å². The largest absolute Gasteiger partial charge is 0.445 e. The van der Waals surface area contributed by atoms with E-state index < -0.39 is 6.10 Å². The Bertz CT molecular complexity index is 430. The number of β-amino-alcohol motifs (C(OH)–C–C–N with tert-alkyl or cyclic N) is 1. The van der Waals surface area contributed by atoms with Crippen LogP contribution in [-0.2, 0) is 11.3 Å². The highest BCUT2D eigenvalue weighted by Gasteiger charge is 2.36. The second-order valence-electron chi connectivity index (χ2n) is 5.74. The van der Waals surface area contributed by atoms with Crippen LogP contribution in [0.1, 0.15) is 25.8 Å². The van der Waals surface area contributed by atoms with Crippen molar-refractivity contribution in [3.8, 4) is 0 Å². The van der Waals surface area contributed by atoms with Gasteiger partial charge in [-0.15, -0.1) is 0 Å². The molecule has 1 aliphatic rings. The number of likely N-dealkylation sites (tertiary alicyclic amines) is 1. The number of piperidine rings is 1. The molecule has 1 N–H and O–H groups in total. The first-order valence-corrected chi connectivity index (χ1v) is 6.63. The Morgan fingerprint density at radius 1 is 1.42 bits per heavy atom. The number of ether oxygens (including phenoxy) is 1. The molecule has 1 aromatic rings. The van der Waals surface area contributed by atoms with Gasteiger partial charge in [0, 0.05) is 6.54 Å². The van der Waals surface area contributed by atoms with E-state index in [1.807, 2.05) is 44.2 Å². The summed E-state index contributed by atoms with van der Waals surface area (Å²) in [5.74, 6) is 0. The molecule has 4 heteroatoms. The number of carbonyl (C=O) groups excluding carboxylic acids is 1. The van der Waals surface area contributed by atoms with E-state index in [4.69, 9.17) is 4.74 Å². The zero-order chi connectivity index (χ0) is 13.9. The van der Waals surface area contributed by atoms with E-state index in [2.05, 4.69) is 0 Å². The summed E-state index contributed by atoms with van der Waals surface area (Å²) in [7, 11) is 0. The Morgan fingerprint density at radius 3 is 2.74 bits per heavy atom. The second kappa shape index (κ2) is 5.61. The van der Waals surface area contributed by atoms with Gasteiger partial charge in [-0.05, 0) is 17.4 Å². The number of aliphatic hydroxyl groups is 1. The minimum absolute atomic E-state index is 0.129. The van der Waals surface area contributed by atoms with Gasteiger partial charge in [-0.2, -0.15) is 0 Å². The highest BCUT2D eigenvalue weighted by atomic mass is 16.6. The fourth-order valence-corrected chi connectivity index (χ4v) is 2.11. The molecule has 1 aromatic carbocycles. The van der Waals surface area contributed by atoms with Gasteiger partial charge in [0.1, 0.15) is 6.61 Å². The molecule has 1 aliphatic heterocycles. The summed E-state index contributed by atoms with van der Waals surface area (Å²) in [6, 6.07) is 9.59. The molecule has 0 saturated carbocycles. The summed E-state index contributed by atoms with van der Waals surface area (Å²) in [5, 5.41) is 9.99. The van der Waals surface area contributed by atoms with E-state index in [-0.39, 0.29) is 18.1 Å². The SMILES string of the molecule is CC1(C)CCN(C(=O)OCc2ccccc2)CC1O. The molecule has 2 rings (SSSR count). The molecule has 1 amide bonds. The topological polar surface area (TPSA) is 49.8 Å². The fraction of sp³-hybridized carbons (Fsp3) is 0.533. The van der Waals surface area contributed by atoms with Crippen molar-refractivity contribution >= 4 is 6.09 Å². The van der Waals surface area contributed by atoms with Gasteiger partial charge < -0.3 is 14.7 Å². The van der Waals surface area contributed by atoms with Gasteiger partial charge in [0.25, 0.3) is 0 Å². The molecule has 1 heterocycles. The molecule has 1 saturated heterocycles. The van der Waals surface area contributed by atoms with Crippen molar-refractivity contribution in [2.75, 3.05) is 13.1 Å². The summed E-state index contributed by atoms with van der Waals surface area (Å²) >= 11 is 0. The summed E-state index contributed by atoms with van der Waals surface area (Å²) in [6.45, 7) is 5.29. The van der Waals surface area contributed by atoms with Crippen LogP contribution in [0.25, 0.3) is 0 Å². The van der Waals surface area contributed by atoms with Gasteiger partial charge in [0.15, 0.2) is 0 Å². The van der Waals surface area contributed by atoms with Crippen molar-refractivity contribution < 1.29 is 14.6 Å². The van der Waals surface area contributed by atoms with E-state index in [9.17, 15) is 9.90 Å². The van der Waals surface area contributed by atoms with Crippen molar-refractivity contribution in [1.29, 1.82) is 0 Å². The lowest BCUT2D eigenvalue weighted by atomic mass is 9.80. The predicted molar refractivity (Wildman–Crippen MR) is 72.6 cm³/mol. The number of aliphatic hydroxyl groups excluding tert-OH is 1. The van der Waals surface area contributed by atoms with Crippen LogP contribution in [0.15, 0.2) is 30.3 Å². The number of rotatable bonds is 2. The van der Waals surface area contributed by atoms with Crippen molar-refractivity contribution in [2.45, 2.75) is 33.0 Å². The molecule has 19 heavy (non-hydrogen) atoms. The van der Waals surface area contributed by atoms with Crippen LogP contribution in [0.2, 0.25) is 0 Å². The van der Waals surface area contributed by atoms with Crippen LogP contribution in [0.3, 0.4) is 0 Å². The summed E-state index contributed by atoms with van der Waals surface area (Å²) in [5.41, 5.74) is 0.838. The summed E-state index contributed by atoms with van der Waals surface area (Å²) in [6.07, 6.45) is -0.0573. The third-order valence-electron chi connectivity index (χ3n) is 3.78. The number of benzene rings is 1. The number of amides is 1. The number of hydrogen-bond acceptors (Lipinski definition) is 3. The van der Waals surface area contributed by atoms with Crippen molar-refractivity contribution in [2.24, 2.45) is 5.41 Å². The van der Waals surface area contributed by atoms with Crippen LogP contribution in [-0.4, -0.2) is 35.3 Å². The zero-order valence-electron chi connectivity index (χ0n) is 11.5. The van der Waals surface area contributed by atoms with Gasteiger partial charge >= 0.3 is 6.09 Å². The Balaban J connectivity index is 1.84. The number of carbonyl (C=O) groups is 1. The first kappa shape index (κ1) is 13.9. The predicted octanol–water partition coefficient (Wildman–Crippen LogP) is 2.42. The first-order chi connectivity index (χ1) is 8.99. The molecule has 104 valence electrons. The molecule has 0 spiro atoms.